The maximum atomic E-state index is 15.7. The van der Waals surface area contributed by atoms with Crippen molar-refractivity contribution in [1.29, 1.82) is 5.26 Å². The van der Waals surface area contributed by atoms with Crippen molar-refractivity contribution in [3.05, 3.63) is 101 Å². The molecule has 2 aliphatic heterocycles. The SMILES string of the molecule is CC(OC(=O)CC1CCN(C)CC1)OC(=O)OC(Cn1cncn1)(c1ccc(F)cc1F)C(C)SC1COC(C=CC=Cc2ccc(C#N)cc2F)OC1. The van der Waals surface area contributed by atoms with Gasteiger partial charge in [0, 0.05) is 35.8 Å². The molecule has 0 bridgehead atoms. The molecule has 0 radical (unpaired) electrons. The van der Waals surface area contributed by atoms with Crippen molar-refractivity contribution >= 4 is 30.0 Å². The van der Waals surface area contributed by atoms with E-state index in [0.29, 0.717) is 11.6 Å². The van der Waals surface area contributed by atoms with Gasteiger partial charge in [0.1, 0.15) is 30.1 Å². The Morgan fingerprint density at radius 3 is 2.50 bits per heavy atom. The van der Waals surface area contributed by atoms with Crippen LogP contribution in [0.2, 0.25) is 0 Å². The van der Waals surface area contributed by atoms with Gasteiger partial charge in [0.25, 0.3) is 0 Å². The van der Waals surface area contributed by atoms with Crippen molar-refractivity contribution < 1.29 is 46.4 Å². The summed E-state index contributed by atoms with van der Waals surface area (Å²) in [6, 6.07) is 9.02. The van der Waals surface area contributed by atoms with Crippen LogP contribution < -0.4 is 0 Å². The van der Waals surface area contributed by atoms with Crippen LogP contribution in [0.25, 0.3) is 6.08 Å². The molecule has 2 aromatic carbocycles. The monoisotopic (exact) mass is 769 g/mol. The van der Waals surface area contributed by atoms with Gasteiger partial charge in [-0.1, -0.05) is 24.3 Å². The predicted molar refractivity (Wildman–Crippen MR) is 192 cm³/mol. The number of hydrogen-bond acceptors (Lipinski definition) is 12. The number of esters is 1. The molecular formula is C38H42F3N5O7S. The first kappa shape index (κ1) is 40.5. The molecular weight excluding hydrogens is 728 g/mol. The van der Waals surface area contributed by atoms with Crippen molar-refractivity contribution in [2.24, 2.45) is 5.92 Å². The number of halogens is 3. The van der Waals surface area contributed by atoms with Gasteiger partial charge in [-0.05, 0) is 76.2 Å². The highest BCUT2D eigenvalue weighted by molar-refractivity contribution is 8.00. The lowest BCUT2D eigenvalue weighted by molar-refractivity contribution is -0.173. The lowest BCUT2D eigenvalue weighted by atomic mass is 9.89. The Morgan fingerprint density at radius 2 is 1.83 bits per heavy atom. The standard InChI is InChI=1S/C38H42F3N5O7S/c1-25(54-31-20-49-36(50-21-31)7-5-4-6-29-9-8-28(19-42)16-33(29)40)38(22-46-24-43-23-44-46,32-11-10-30(39)18-34(32)41)53-37(48)52-26(2)51-35(47)17-27-12-14-45(3)15-13-27/h4-11,16,18,23-27,31,36H,12-15,17,20-22H2,1-3H3. The number of allylic oxidation sites excluding steroid dienone is 2. The Labute approximate surface area is 315 Å². The van der Waals surface area contributed by atoms with Gasteiger partial charge in [0.15, 0.2) is 11.9 Å². The second-order valence-corrected chi connectivity index (χ2v) is 14.8. The van der Waals surface area contributed by atoms with Crippen LogP contribution in [0.4, 0.5) is 18.0 Å². The van der Waals surface area contributed by atoms with Crippen molar-refractivity contribution in [2.45, 2.75) is 68.3 Å². The van der Waals surface area contributed by atoms with Crippen molar-refractivity contribution in [3.63, 3.8) is 0 Å². The minimum atomic E-state index is -1.85. The van der Waals surface area contributed by atoms with Crippen molar-refractivity contribution in [2.75, 3.05) is 33.4 Å². The zero-order valence-corrected chi connectivity index (χ0v) is 30.9. The molecule has 3 aromatic rings. The number of rotatable bonds is 14. The van der Waals surface area contributed by atoms with Crippen LogP contribution in [0.5, 0.6) is 0 Å². The average Bonchev–Trinajstić information content (AvgIpc) is 3.64. The first-order valence-electron chi connectivity index (χ1n) is 17.4. The number of ether oxygens (including phenoxy) is 5. The molecule has 3 atom stereocenters. The zero-order valence-electron chi connectivity index (χ0n) is 30.1. The molecule has 3 unspecified atom stereocenters. The predicted octanol–water partition coefficient (Wildman–Crippen LogP) is 6.37. The number of nitrogens with zero attached hydrogens (tertiary/aromatic N) is 5. The third kappa shape index (κ3) is 11.2. The van der Waals surface area contributed by atoms with Crippen LogP contribution in [-0.4, -0.2) is 88.2 Å². The molecule has 0 saturated carbocycles. The van der Waals surface area contributed by atoms with E-state index >= 15 is 4.39 Å². The van der Waals surface area contributed by atoms with Gasteiger partial charge in [-0.15, -0.1) is 11.8 Å². The van der Waals surface area contributed by atoms with E-state index in [4.69, 9.17) is 28.9 Å². The Kier molecular flexibility index (Phi) is 14.3. The van der Waals surface area contributed by atoms with Crippen LogP contribution in [-0.2, 0) is 40.6 Å². The molecule has 3 heterocycles. The average molecular weight is 770 g/mol. The van der Waals surface area contributed by atoms with E-state index in [0.717, 1.165) is 38.1 Å². The summed E-state index contributed by atoms with van der Waals surface area (Å²) >= 11 is 1.28. The fourth-order valence-corrected chi connectivity index (χ4v) is 7.55. The van der Waals surface area contributed by atoms with E-state index in [1.54, 1.807) is 31.2 Å². The Bertz CT molecular complexity index is 1830. The van der Waals surface area contributed by atoms with Crippen LogP contribution in [0, 0.1) is 34.7 Å². The highest BCUT2D eigenvalue weighted by Crippen LogP contribution is 2.42. The van der Waals surface area contributed by atoms with Crippen molar-refractivity contribution in [1.82, 2.24) is 19.7 Å². The van der Waals surface area contributed by atoms with E-state index in [1.807, 2.05) is 13.1 Å². The van der Waals surface area contributed by atoms with Gasteiger partial charge in [-0.25, -0.2) is 27.6 Å². The molecule has 0 N–H and O–H groups in total. The molecule has 0 aliphatic carbocycles. The summed E-state index contributed by atoms with van der Waals surface area (Å²) in [5.74, 6) is -2.68. The van der Waals surface area contributed by atoms with Crippen LogP contribution in [0.1, 0.15) is 49.8 Å². The molecule has 0 amide bonds. The smallest absolute Gasteiger partial charge is 0.425 e. The molecule has 2 fully saturated rings. The molecule has 0 spiro atoms. The summed E-state index contributed by atoms with van der Waals surface area (Å²) in [4.78, 5) is 32.3. The first-order valence-corrected chi connectivity index (χ1v) is 18.4. The Balaban J connectivity index is 1.26. The summed E-state index contributed by atoms with van der Waals surface area (Å²) < 4.78 is 74.0. The molecule has 288 valence electrons. The summed E-state index contributed by atoms with van der Waals surface area (Å²) in [7, 11) is 2.02. The fourth-order valence-electron chi connectivity index (χ4n) is 6.19. The number of nitriles is 1. The second-order valence-electron chi connectivity index (χ2n) is 13.1. The van der Waals surface area contributed by atoms with Crippen LogP contribution in [0.15, 0.2) is 67.3 Å². The van der Waals surface area contributed by atoms with Gasteiger partial charge < -0.3 is 28.6 Å². The van der Waals surface area contributed by atoms with Gasteiger partial charge in [-0.2, -0.15) is 10.4 Å². The number of piperidine rings is 1. The van der Waals surface area contributed by atoms with Gasteiger partial charge in [0.05, 0.1) is 36.6 Å². The highest BCUT2D eigenvalue weighted by atomic mass is 32.2. The minimum absolute atomic E-state index is 0.146. The fraction of sp³-hybridized carbons (Fsp3) is 0.447. The van der Waals surface area contributed by atoms with Crippen LogP contribution in [0.3, 0.4) is 0 Å². The molecule has 12 nitrogen and oxygen atoms in total. The van der Waals surface area contributed by atoms with Gasteiger partial charge in [0.2, 0.25) is 6.29 Å². The molecule has 1 aromatic heterocycles. The number of thioether (sulfide) groups is 1. The number of hydrogen-bond donors (Lipinski definition) is 0. The summed E-state index contributed by atoms with van der Waals surface area (Å²) in [6.45, 7) is 4.99. The zero-order chi connectivity index (χ0) is 38.7. The van der Waals surface area contributed by atoms with Gasteiger partial charge >= 0.3 is 12.1 Å². The summed E-state index contributed by atoms with van der Waals surface area (Å²) in [6.07, 6.45) is 7.68. The molecule has 5 rings (SSSR count). The van der Waals surface area contributed by atoms with Gasteiger partial charge in [-0.3, -0.25) is 4.79 Å². The summed E-state index contributed by atoms with van der Waals surface area (Å²) in [5.41, 5.74) is -1.46. The second kappa shape index (κ2) is 19.1. The molecule has 16 heteroatoms. The van der Waals surface area contributed by atoms with E-state index in [-0.39, 0.29) is 48.5 Å². The lowest BCUT2D eigenvalue weighted by Crippen LogP contribution is -2.47. The topological polar surface area (TPSA) is 138 Å². The lowest BCUT2D eigenvalue weighted by Gasteiger charge is -2.40. The van der Waals surface area contributed by atoms with Crippen molar-refractivity contribution in [3.8, 4) is 6.07 Å². The first-order chi connectivity index (χ1) is 25.9. The maximum Gasteiger partial charge on any atom is 0.512 e. The summed E-state index contributed by atoms with van der Waals surface area (Å²) in [5, 5.41) is 12.0. The number of benzene rings is 2. The minimum Gasteiger partial charge on any atom is -0.425 e. The number of likely N-dealkylation sites (tertiary alicyclic amines) is 1. The molecule has 2 saturated heterocycles. The number of carbonyl (C=O) groups is 2. The van der Waals surface area contributed by atoms with E-state index < -0.39 is 53.0 Å². The number of aromatic nitrogens is 3. The van der Waals surface area contributed by atoms with E-state index in [1.165, 1.54) is 54.2 Å². The van der Waals surface area contributed by atoms with E-state index in [9.17, 15) is 18.4 Å². The van der Waals surface area contributed by atoms with E-state index in [2.05, 4.69) is 15.0 Å². The largest absolute Gasteiger partial charge is 0.512 e. The number of carbonyl (C=O) groups excluding carboxylic acids is 2. The quantitative estimate of drug-likeness (QED) is 0.102. The maximum absolute atomic E-state index is 15.7. The normalized spacial score (nSPS) is 20.6. The third-order valence-electron chi connectivity index (χ3n) is 9.10. The Hall–Kier alpha value is -4.69. The molecule has 2 aliphatic rings. The molecule has 54 heavy (non-hydrogen) atoms. The Morgan fingerprint density at radius 1 is 1.07 bits per heavy atom. The highest BCUT2D eigenvalue weighted by Gasteiger charge is 2.47. The van der Waals surface area contributed by atoms with Crippen LogP contribution >= 0.6 is 11.8 Å². The third-order valence-corrected chi connectivity index (χ3v) is 10.5.